The minimum atomic E-state index is -2.40. The third-order valence-electron chi connectivity index (χ3n) is 5.78. The van der Waals surface area contributed by atoms with Crippen LogP contribution in [0, 0.1) is 0 Å². The Bertz CT molecular complexity index is 1020. The van der Waals surface area contributed by atoms with E-state index < -0.39 is 50.3 Å². The van der Waals surface area contributed by atoms with E-state index in [0.29, 0.717) is 22.7 Å². The predicted molar refractivity (Wildman–Crippen MR) is 179 cm³/mol. The molecule has 6 unspecified atom stereocenters. The molecule has 2 aromatic rings. The summed E-state index contributed by atoms with van der Waals surface area (Å²) in [6, 6.07) is 0. The Morgan fingerprint density at radius 2 is 0.617 bits per heavy atom. The van der Waals surface area contributed by atoms with E-state index in [0.717, 1.165) is 0 Å². The topological polar surface area (TPSA) is 311 Å². The molecule has 0 bridgehead atoms. The van der Waals surface area contributed by atoms with Crippen LogP contribution in [0.15, 0.2) is 21.5 Å². The number of nitrogens with zero attached hydrogens (tertiary/aromatic N) is 4. The van der Waals surface area contributed by atoms with Crippen LogP contribution in [0.25, 0.3) is 0 Å². The first kappa shape index (κ1) is 43.6. The van der Waals surface area contributed by atoms with Crippen LogP contribution >= 0.6 is 72.9 Å². The standard InChI is InChI=1S/C17H34N4O18P6S2/c22-34-40(28)8-18(14-4-46-6-16(14)20(10-42(30)36-24)11-43(31)37-25)2-1-3-19(9-41(29)35-23)15-5-47-7-17(15)21(12-44(32)38-26)13-45(33)39-27/h4-7,22-33H,1-3,8-13H2. The molecule has 0 aliphatic heterocycles. The van der Waals surface area contributed by atoms with E-state index >= 15 is 0 Å². The molecule has 6 atom stereocenters. The summed E-state index contributed by atoms with van der Waals surface area (Å²) in [5.74, 6) is 0. The number of rotatable bonds is 26. The molecule has 0 amide bonds. The summed E-state index contributed by atoms with van der Waals surface area (Å²) in [6.07, 6.45) is -1.49. The Labute approximate surface area is 282 Å². The molecular formula is C17H34N4O18P6S2. The second-order valence-corrected chi connectivity index (χ2v) is 17.1. The molecule has 30 heteroatoms. The minimum absolute atomic E-state index is 0.138. The van der Waals surface area contributed by atoms with Crippen molar-refractivity contribution in [2.75, 3.05) is 70.4 Å². The quantitative estimate of drug-likeness (QED) is 0.0349. The lowest BCUT2D eigenvalue weighted by Crippen LogP contribution is -2.33. The highest BCUT2D eigenvalue weighted by Crippen LogP contribution is 2.46. The average Bonchev–Trinajstić information content (AvgIpc) is 3.76. The second-order valence-electron chi connectivity index (χ2n) is 8.70. The van der Waals surface area contributed by atoms with Crippen LogP contribution in [0.3, 0.4) is 0 Å². The van der Waals surface area contributed by atoms with Gasteiger partial charge < -0.3 is 49.0 Å². The molecule has 2 aromatic heterocycles. The molecule has 0 saturated heterocycles. The molecule has 0 saturated carbocycles. The maximum absolute atomic E-state index is 10.2. The molecule has 0 aliphatic rings. The largest absolute Gasteiger partial charge is 0.360 e. The van der Waals surface area contributed by atoms with E-state index in [1.54, 1.807) is 31.3 Å². The lowest BCUT2D eigenvalue weighted by molar-refractivity contribution is -0.136. The van der Waals surface area contributed by atoms with Crippen molar-refractivity contribution in [1.82, 2.24) is 0 Å². The molecule has 2 rings (SSSR count). The van der Waals surface area contributed by atoms with E-state index in [4.69, 9.17) is 31.5 Å². The minimum Gasteiger partial charge on any atom is -0.360 e. The maximum Gasteiger partial charge on any atom is 0.226 e. The summed E-state index contributed by atoms with van der Waals surface area (Å²) in [5, 5.41) is 60.5. The van der Waals surface area contributed by atoms with Crippen LogP contribution in [-0.2, 0) is 28.0 Å². The van der Waals surface area contributed by atoms with Gasteiger partial charge in [-0.25, -0.2) is 31.5 Å². The highest BCUT2D eigenvalue weighted by molar-refractivity contribution is 7.48. The van der Waals surface area contributed by atoms with Crippen molar-refractivity contribution >= 4 is 95.7 Å². The SMILES string of the molecule is OOP(O)CN(CCCN(CP(O)OO)c1cscc1N(CP(O)OO)CP(O)OO)c1cscc1N(CP(O)OO)CP(O)OO. The highest BCUT2D eigenvalue weighted by Gasteiger charge is 2.28. The molecule has 0 aromatic carbocycles. The van der Waals surface area contributed by atoms with Crippen LogP contribution < -0.4 is 19.6 Å². The van der Waals surface area contributed by atoms with Crippen molar-refractivity contribution in [3.8, 4) is 0 Å². The Morgan fingerprint density at radius 1 is 0.404 bits per heavy atom. The molecule has 0 spiro atoms. The van der Waals surface area contributed by atoms with Gasteiger partial charge >= 0.3 is 0 Å². The van der Waals surface area contributed by atoms with Gasteiger partial charge in [0, 0.05) is 34.6 Å². The first-order chi connectivity index (χ1) is 22.5. The van der Waals surface area contributed by atoms with Crippen molar-refractivity contribution in [1.29, 1.82) is 0 Å². The zero-order valence-electron chi connectivity index (χ0n) is 23.8. The first-order valence-electron chi connectivity index (χ1n) is 12.3. The van der Waals surface area contributed by atoms with Crippen molar-refractivity contribution in [3.05, 3.63) is 21.5 Å². The summed E-state index contributed by atoms with van der Waals surface area (Å²) in [6.45, 7) is 0.275. The average molecular weight is 832 g/mol. The third-order valence-corrected chi connectivity index (χ3v) is 11.8. The van der Waals surface area contributed by atoms with Crippen molar-refractivity contribution in [2.24, 2.45) is 0 Å². The molecule has 0 fully saturated rings. The predicted octanol–water partition coefficient (Wildman–Crippen LogP) is 4.63. The highest BCUT2D eigenvalue weighted by atomic mass is 32.1. The van der Waals surface area contributed by atoms with Gasteiger partial charge in [-0.05, 0) is 6.42 Å². The van der Waals surface area contributed by atoms with Gasteiger partial charge in [0.1, 0.15) is 0 Å². The Kier molecular flexibility index (Phi) is 22.1. The number of thiophene rings is 2. The van der Waals surface area contributed by atoms with Gasteiger partial charge in [-0.15, -0.1) is 22.7 Å². The van der Waals surface area contributed by atoms with Crippen molar-refractivity contribution < 1.29 is 89.0 Å². The Hall–Kier alpha value is 0.460. The van der Waals surface area contributed by atoms with Gasteiger partial charge in [0.05, 0.1) is 60.5 Å². The maximum atomic E-state index is 10.2. The summed E-state index contributed by atoms with van der Waals surface area (Å²) in [4.78, 5) is 66.2. The fraction of sp³-hybridized carbons (Fsp3) is 0.529. The van der Waals surface area contributed by atoms with Gasteiger partial charge in [-0.2, -0.15) is 28.0 Å². The van der Waals surface area contributed by atoms with Crippen LogP contribution in [0.4, 0.5) is 22.7 Å². The molecule has 0 radical (unpaired) electrons. The van der Waals surface area contributed by atoms with Crippen LogP contribution in [0.2, 0.25) is 0 Å². The van der Waals surface area contributed by atoms with Crippen LogP contribution in [0.1, 0.15) is 6.42 Å². The van der Waals surface area contributed by atoms with E-state index in [1.807, 2.05) is 0 Å². The van der Waals surface area contributed by atoms with Crippen molar-refractivity contribution in [2.45, 2.75) is 6.42 Å². The second kappa shape index (κ2) is 23.8. The Morgan fingerprint density at radius 3 is 0.851 bits per heavy atom. The Balaban J connectivity index is 2.39. The van der Waals surface area contributed by atoms with E-state index in [1.165, 1.54) is 32.5 Å². The van der Waals surface area contributed by atoms with Gasteiger partial charge in [-0.3, -0.25) is 0 Å². The van der Waals surface area contributed by atoms with Gasteiger partial charge in [-0.1, -0.05) is 0 Å². The van der Waals surface area contributed by atoms with Crippen molar-refractivity contribution in [3.63, 3.8) is 0 Å². The zero-order valence-corrected chi connectivity index (χ0v) is 30.8. The molecule has 22 nitrogen and oxygen atoms in total. The number of hydrogen-bond donors (Lipinski definition) is 12. The lowest BCUT2D eigenvalue weighted by atomic mass is 10.3. The molecule has 12 N–H and O–H groups in total. The van der Waals surface area contributed by atoms with Gasteiger partial charge in [0.25, 0.3) is 0 Å². The summed E-state index contributed by atoms with van der Waals surface area (Å²) < 4.78 is 24.3. The zero-order chi connectivity index (χ0) is 34.9. The number of anilines is 4. The molecule has 47 heavy (non-hydrogen) atoms. The molecule has 0 aliphatic carbocycles. The smallest absolute Gasteiger partial charge is 0.226 e. The summed E-state index contributed by atoms with van der Waals surface area (Å²) in [5.41, 5.74) is 1.58. The van der Waals surface area contributed by atoms with Gasteiger partial charge in [0.2, 0.25) is 50.3 Å². The summed E-state index contributed by atoms with van der Waals surface area (Å²) in [7, 11) is -14.4. The van der Waals surface area contributed by atoms with Gasteiger partial charge in [0.15, 0.2) is 0 Å². The molecular weight excluding hydrogens is 798 g/mol. The van der Waals surface area contributed by atoms with Crippen LogP contribution in [0.5, 0.6) is 0 Å². The normalized spacial score (nSPS) is 15.6. The summed E-state index contributed by atoms with van der Waals surface area (Å²) >= 11 is 2.39. The van der Waals surface area contributed by atoms with Crippen LogP contribution in [-0.4, -0.2) is 112 Å². The third kappa shape index (κ3) is 14.9. The first-order valence-corrected chi connectivity index (χ1v) is 22.6. The van der Waals surface area contributed by atoms with E-state index in [9.17, 15) is 29.4 Å². The fourth-order valence-electron chi connectivity index (χ4n) is 3.93. The lowest BCUT2D eigenvalue weighted by Gasteiger charge is -2.33. The van der Waals surface area contributed by atoms with E-state index in [2.05, 4.69) is 28.0 Å². The number of hydrogen-bond acceptors (Lipinski definition) is 24. The van der Waals surface area contributed by atoms with E-state index in [-0.39, 0.29) is 57.2 Å². The fourth-order valence-corrected chi connectivity index (χ4v) is 9.63. The molecule has 272 valence electrons. The molecule has 2 heterocycles. The monoisotopic (exact) mass is 832 g/mol.